The third-order valence-electron chi connectivity index (χ3n) is 3.96. The molecule has 7 heteroatoms. The lowest BCUT2D eigenvalue weighted by Crippen LogP contribution is -2.30. The summed E-state index contributed by atoms with van der Waals surface area (Å²) in [4.78, 5) is 22.9. The number of hydrogen-bond acceptors (Lipinski definition) is 5. The number of rotatable bonds is 6. The first-order valence-electron chi connectivity index (χ1n) is 8.10. The zero-order valence-corrected chi connectivity index (χ0v) is 15.5. The number of aryl methyl sites for hydroxylation is 3. The normalized spacial score (nSPS) is 11.6. The van der Waals surface area contributed by atoms with Gasteiger partial charge in [-0.1, -0.05) is 17.7 Å². The number of carbonyl (C=O) groups excluding carboxylic acids is 1. The summed E-state index contributed by atoms with van der Waals surface area (Å²) in [5.41, 5.74) is 3.62. The van der Waals surface area contributed by atoms with Crippen molar-refractivity contribution >= 4 is 17.3 Å². The SMILES string of the molecule is COc1ccc([N+](=O)[O-])cc1OC(C)C(=O)Nc1c(C)cc(C)cc1C. The molecule has 2 aromatic carbocycles. The minimum atomic E-state index is -0.869. The first kappa shape index (κ1) is 19.2. The number of benzene rings is 2. The summed E-state index contributed by atoms with van der Waals surface area (Å²) in [6, 6.07) is 7.96. The Balaban J connectivity index is 2.20. The highest BCUT2D eigenvalue weighted by Gasteiger charge is 2.20. The Morgan fingerprint density at radius 3 is 2.27 bits per heavy atom. The quantitative estimate of drug-likeness (QED) is 0.624. The van der Waals surface area contributed by atoms with Gasteiger partial charge in [0, 0.05) is 11.8 Å². The Labute approximate surface area is 152 Å². The number of nitro groups is 1. The summed E-state index contributed by atoms with van der Waals surface area (Å²) in [5.74, 6) is 0.105. The number of nitrogens with zero attached hydrogens (tertiary/aromatic N) is 1. The van der Waals surface area contributed by atoms with Crippen LogP contribution >= 0.6 is 0 Å². The number of ether oxygens (including phenoxy) is 2. The van der Waals surface area contributed by atoms with E-state index in [4.69, 9.17) is 9.47 Å². The Bertz CT molecular complexity index is 825. The van der Waals surface area contributed by atoms with E-state index in [2.05, 4.69) is 5.32 Å². The van der Waals surface area contributed by atoms with Crippen molar-refractivity contribution in [3.8, 4) is 11.5 Å². The monoisotopic (exact) mass is 358 g/mol. The molecule has 0 aliphatic heterocycles. The molecule has 26 heavy (non-hydrogen) atoms. The van der Waals surface area contributed by atoms with Gasteiger partial charge in [-0.05, 0) is 44.9 Å². The molecule has 1 atom stereocenters. The van der Waals surface area contributed by atoms with E-state index in [9.17, 15) is 14.9 Å². The van der Waals surface area contributed by atoms with Crippen LogP contribution in [0.15, 0.2) is 30.3 Å². The van der Waals surface area contributed by atoms with Crippen LogP contribution in [0.4, 0.5) is 11.4 Å². The molecule has 0 bridgehead atoms. The predicted octanol–water partition coefficient (Wildman–Crippen LogP) is 3.93. The van der Waals surface area contributed by atoms with E-state index in [1.807, 2.05) is 32.9 Å². The fraction of sp³-hybridized carbons (Fsp3) is 0.316. The number of non-ortho nitro benzene ring substituents is 1. The summed E-state index contributed by atoms with van der Waals surface area (Å²) < 4.78 is 10.8. The number of nitro benzene ring substituents is 1. The Morgan fingerprint density at radius 1 is 1.12 bits per heavy atom. The molecule has 1 N–H and O–H groups in total. The zero-order valence-electron chi connectivity index (χ0n) is 15.5. The highest BCUT2D eigenvalue weighted by atomic mass is 16.6. The maximum Gasteiger partial charge on any atom is 0.273 e. The Hall–Kier alpha value is -3.09. The lowest BCUT2D eigenvalue weighted by Gasteiger charge is -2.18. The van der Waals surface area contributed by atoms with Gasteiger partial charge in [0.15, 0.2) is 17.6 Å². The van der Waals surface area contributed by atoms with E-state index in [1.54, 1.807) is 6.92 Å². The van der Waals surface area contributed by atoms with Crippen molar-refractivity contribution in [2.45, 2.75) is 33.8 Å². The van der Waals surface area contributed by atoms with Crippen LogP contribution in [0.1, 0.15) is 23.6 Å². The minimum absolute atomic E-state index is 0.140. The number of carbonyl (C=O) groups is 1. The lowest BCUT2D eigenvalue weighted by atomic mass is 10.0. The molecule has 0 radical (unpaired) electrons. The molecule has 0 saturated heterocycles. The first-order chi connectivity index (χ1) is 12.2. The molecule has 0 fully saturated rings. The number of methoxy groups -OCH3 is 1. The average molecular weight is 358 g/mol. The first-order valence-corrected chi connectivity index (χ1v) is 8.10. The lowest BCUT2D eigenvalue weighted by molar-refractivity contribution is -0.385. The molecule has 1 amide bonds. The molecule has 138 valence electrons. The fourth-order valence-electron chi connectivity index (χ4n) is 2.72. The molecule has 0 aliphatic carbocycles. The van der Waals surface area contributed by atoms with Crippen molar-refractivity contribution in [2.75, 3.05) is 12.4 Å². The number of amides is 1. The molecule has 0 spiro atoms. The van der Waals surface area contributed by atoms with E-state index >= 15 is 0 Å². The zero-order chi connectivity index (χ0) is 19.4. The van der Waals surface area contributed by atoms with Crippen LogP contribution in [0.25, 0.3) is 0 Å². The summed E-state index contributed by atoms with van der Waals surface area (Å²) in [5, 5.41) is 13.8. The highest BCUT2D eigenvalue weighted by molar-refractivity contribution is 5.95. The van der Waals surface area contributed by atoms with Crippen molar-refractivity contribution in [1.82, 2.24) is 0 Å². The predicted molar refractivity (Wildman–Crippen MR) is 99.0 cm³/mol. The second kappa shape index (κ2) is 7.86. The van der Waals surface area contributed by atoms with Gasteiger partial charge in [0.05, 0.1) is 18.1 Å². The Morgan fingerprint density at radius 2 is 1.73 bits per heavy atom. The second-order valence-corrected chi connectivity index (χ2v) is 6.12. The summed E-state index contributed by atoms with van der Waals surface area (Å²) in [6.45, 7) is 7.41. The van der Waals surface area contributed by atoms with Crippen molar-refractivity contribution in [3.05, 3.63) is 57.1 Å². The van der Waals surface area contributed by atoms with Gasteiger partial charge in [-0.25, -0.2) is 0 Å². The van der Waals surface area contributed by atoms with Crippen LogP contribution in [0.5, 0.6) is 11.5 Å². The van der Waals surface area contributed by atoms with Gasteiger partial charge >= 0.3 is 0 Å². The maximum atomic E-state index is 12.5. The summed E-state index contributed by atoms with van der Waals surface area (Å²) in [7, 11) is 1.43. The van der Waals surface area contributed by atoms with Crippen molar-refractivity contribution in [3.63, 3.8) is 0 Å². The molecule has 1 unspecified atom stereocenters. The van der Waals surface area contributed by atoms with Gasteiger partial charge in [0.1, 0.15) is 0 Å². The highest BCUT2D eigenvalue weighted by Crippen LogP contribution is 2.32. The van der Waals surface area contributed by atoms with E-state index in [-0.39, 0.29) is 17.3 Å². The average Bonchev–Trinajstić information content (AvgIpc) is 2.57. The van der Waals surface area contributed by atoms with Crippen LogP contribution in [0, 0.1) is 30.9 Å². The third-order valence-corrected chi connectivity index (χ3v) is 3.96. The standard InChI is InChI=1S/C19H22N2O5/c1-11-8-12(2)18(13(3)9-11)20-19(22)14(4)26-17-10-15(21(23)24)6-7-16(17)25-5/h6-10,14H,1-5H3,(H,20,22). The smallest absolute Gasteiger partial charge is 0.273 e. The molecular weight excluding hydrogens is 336 g/mol. The Kier molecular flexibility index (Phi) is 5.82. The largest absolute Gasteiger partial charge is 0.493 e. The van der Waals surface area contributed by atoms with Crippen molar-refractivity contribution in [2.24, 2.45) is 0 Å². The molecule has 0 aliphatic rings. The molecule has 2 rings (SSSR count). The van der Waals surface area contributed by atoms with Crippen LogP contribution < -0.4 is 14.8 Å². The van der Waals surface area contributed by atoms with Gasteiger partial charge in [-0.2, -0.15) is 0 Å². The van der Waals surface area contributed by atoms with Crippen LogP contribution in [0.3, 0.4) is 0 Å². The van der Waals surface area contributed by atoms with E-state index in [0.717, 1.165) is 22.4 Å². The van der Waals surface area contributed by atoms with Crippen LogP contribution in [-0.2, 0) is 4.79 Å². The fourth-order valence-corrected chi connectivity index (χ4v) is 2.72. The number of nitrogens with one attached hydrogen (secondary N) is 1. The maximum absolute atomic E-state index is 12.5. The van der Waals surface area contributed by atoms with Gasteiger partial charge < -0.3 is 14.8 Å². The molecule has 0 aromatic heterocycles. The van der Waals surface area contributed by atoms with Crippen molar-refractivity contribution in [1.29, 1.82) is 0 Å². The van der Waals surface area contributed by atoms with Crippen molar-refractivity contribution < 1.29 is 19.2 Å². The molecule has 2 aromatic rings. The number of anilines is 1. The molecule has 0 saturated carbocycles. The molecular formula is C19H22N2O5. The van der Waals surface area contributed by atoms with E-state index in [1.165, 1.54) is 25.3 Å². The van der Waals surface area contributed by atoms with Crippen LogP contribution in [0.2, 0.25) is 0 Å². The van der Waals surface area contributed by atoms with Gasteiger partial charge in [-0.15, -0.1) is 0 Å². The van der Waals surface area contributed by atoms with Crippen LogP contribution in [-0.4, -0.2) is 24.0 Å². The van der Waals surface area contributed by atoms with Gasteiger partial charge in [0.2, 0.25) is 0 Å². The van der Waals surface area contributed by atoms with Gasteiger partial charge in [-0.3, -0.25) is 14.9 Å². The van der Waals surface area contributed by atoms with Gasteiger partial charge in [0.25, 0.3) is 11.6 Å². The summed E-state index contributed by atoms with van der Waals surface area (Å²) >= 11 is 0. The van der Waals surface area contributed by atoms with E-state index < -0.39 is 11.0 Å². The van der Waals surface area contributed by atoms with E-state index in [0.29, 0.717) is 5.75 Å². The summed E-state index contributed by atoms with van der Waals surface area (Å²) in [6.07, 6.45) is -0.869. The topological polar surface area (TPSA) is 90.7 Å². The molecule has 0 heterocycles. The number of hydrogen-bond donors (Lipinski definition) is 1. The second-order valence-electron chi connectivity index (χ2n) is 6.12. The molecule has 7 nitrogen and oxygen atoms in total. The minimum Gasteiger partial charge on any atom is -0.493 e. The third kappa shape index (κ3) is 4.30.